The number of pyridine rings is 2. The number of aromatic nitrogens is 4. The van der Waals surface area contributed by atoms with E-state index >= 15 is 0 Å². The molecule has 4 aromatic rings. The molecule has 5 rings (SSSR count). The van der Waals surface area contributed by atoms with E-state index in [0.717, 1.165) is 5.56 Å². The standard InChI is InChI=1S/C27H22ClN5O2/c1-4-19-6-5-7-22(31-19)20-13-26(34)33(3)23-14-30-24(12-21(20)23)27(35,25-15-29-16-32(25)2)17-8-10-18(28)11-9-17/h1,5-16,26,34-35H,2-3H3. The zero-order valence-corrected chi connectivity index (χ0v) is 19.8. The number of aryl methyl sites for hydroxylation is 1. The normalized spacial score (nSPS) is 16.7. The molecule has 4 heterocycles. The Morgan fingerprint density at radius 3 is 2.57 bits per heavy atom. The monoisotopic (exact) mass is 483 g/mol. The number of imidazole rings is 1. The molecule has 1 aliphatic rings. The second kappa shape index (κ2) is 8.67. The maximum absolute atomic E-state index is 12.3. The molecule has 7 nitrogen and oxygen atoms in total. The van der Waals surface area contributed by atoms with Crippen molar-refractivity contribution in [2.75, 3.05) is 11.9 Å². The van der Waals surface area contributed by atoms with Crippen LogP contribution in [0.3, 0.4) is 0 Å². The molecule has 3 aromatic heterocycles. The molecule has 0 spiro atoms. The van der Waals surface area contributed by atoms with E-state index in [2.05, 4.69) is 20.9 Å². The van der Waals surface area contributed by atoms with Crippen molar-refractivity contribution in [1.29, 1.82) is 0 Å². The van der Waals surface area contributed by atoms with E-state index in [4.69, 9.17) is 18.0 Å². The first-order chi connectivity index (χ1) is 16.8. The number of terminal acetylenes is 1. The van der Waals surface area contributed by atoms with Crippen LogP contribution in [-0.4, -0.2) is 43.0 Å². The third-order valence-corrected chi connectivity index (χ3v) is 6.51. The molecule has 0 fully saturated rings. The highest BCUT2D eigenvalue weighted by Crippen LogP contribution is 2.41. The quantitative estimate of drug-likeness (QED) is 0.433. The third kappa shape index (κ3) is 3.78. The van der Waals surface area contributed by atoms with E-state index < -0.39 is 11.8 Å². The lowest BCUT2D eigenvalue weighted by Gasteiger charge is -2.34. The Morgan fingerprint density at radius 2 is 1.89 bits per heavy atom. The molecular formula is C27H22ClN5O2. The third-order valence-electron chi connectivity index (χ3n) is 6.26. The zero-order chi connectivity index (χ0) is 24.7. The smallest absolute Gasteiger partial charge is 0.173 e. The Bertz CT molecular complexity index is 1490. The van der Waals surface area contributed by atoms with Crippen LogP contribution in [0.5, 0.6) is 0 Å². The first kappa shape index (κ1) is 22.8. The van der Waals surface area contributed by atoms with Gasteiger partial charge in [0.25, 0.3) is 0 Å². The van der Waals surface area contributed by atoms with Crippen LogP contribution in [0.4, 0.5) is 5.69 Å². The van der Waals surface area contributed by atoms with E-state index in [1.807, 2.05) is 25.2 Å². The summed E-state index contributed by atoms with van der Waals surface area (Å²) in [6.45, 7) is 0. The predicted molar refractivity (Wildman–Crippen MR) is 135 cm³/mol. The van der Waals surface area contributed by atoms with Gasteiger partial charge >= 0.3 is 0 Å². The zero-order valence-electron chi connectivity index (χ0n) is 19.1. The number of aliphatic hydroxyl groups excluding tert-OH is 1. The molecule has 2 N–H and O–H groups in total. The van der Waals surface area contributed by atoms with Crippen molar-refractivity contribution in [2.24, 2.45) is 7.05 Å². The summed E-state index contributed by atoms with van der Waals surface area (Å²) in [5, 5.41) is 23.5. The van der Waals surface area contributed by atoms with Gasteiger partial charge in [0, 0.05) is 30.3 Å². The summed E-state index contributed by atoms with van der Waals surface area (Å²) in [4.78, 5) is 15.1. The average Bonchev–Trinajstić information content (AvgIpc) is 3.32. The van der Waals surface area contributed by atoms with Crippen LogP contribution in [0.1, 0.15) is 33.9 Å². The van der Waals surface area contributed by atoms with Gasteiger partial charge in [0.2, 0.25) is 0 Å². The SMILES string of the molecule is C#Cc1cccc(C2=CC(O)N(C)c3cnc(C(O)(c4ccc(Cl)cc4)c4cncn4C)cc32)n1. The fraction of sp³-hybridized carbons (Fsp3) is 0.148. The minimum Gasteiger partial charge on any atom is -0.373 e. The van der Waals surface area contributed by atoms with Crippen LogP contribution < -0.4 is 4.90 Å². The molecule has 0 saturated heterocycles. The van der Waals surface area contributed by atoms with E-state index in [-0.39, 0.29) is 0 Å². The molecule has 35 heavy (non-hydrogen) atoms. The number of fused-ring (bicyclic) bond motifs is 1. The maximum atomic E-state index is 12.3. The average molecular weight is 484 g/mol. The molecule has 2 atom stereocenters. The molecule has 1 aromatic carbocycles. The lowest BCUT2D eigenvalue weighted by atomic mass is 9.84. The molecular weight excluding hydrogens is 462 g/mol. The lowest BCUT2D eigenvalue weighted by Crippen LogP contribution is -2.35. The van der Waals surface area contributed by atoms with Gasteiger partial charge in [-0.1, -0.05) is 35.7 Å². The molecule has 1 aliphatic heterocycles. The number of rotatable bonds is 4. The number of nitrogens with zero attached hydrogens (tertiary/aromatic N) is 5. The van der Waals surface area contributed by atoms with Gasteiger partial charge in [-0.3, -0.25) is 4.98 Å². The first-order valence-corrected chi connectivity index (χ1v) is 11.2. The highest BCUT2D eigenvalue weighted by Gasteiger charge is 2.39. The maximum Gasteiger partial charge on any atom is 0.173 e. The largest absolute Gasteiger partial charge is 0.373 e. The number of anilines is 1. The van der Waals surface area contributed by atoms with Crippen molar-refractivity contribution < 1.29 is 10.2 Å². The second-order valence-corrected chi connectivity index (χ2v) is 8.79. The van der Waals surface area contributed by atoms with E-state index in [1.54, 1.807) is 71.6 Å². The van der Waals surface area contributed by atoms with Gasteiger partial charge in [0.1, 0.15) is 11.9 Å². The van der Waals surface area contributed by atoms with Crippen LogP contribution in [0.2, 0.25) is 5.02 Å². The Hall–Kier alpha value is -3.96. The van der Waals surface area contributed by atoms with E-state index in [9.17, 15) is 10.2 Å². The summed E-state index contributed by atoms with van der Waals surface area (Å²) < 4.78 is 1.75. The Balaban J connectivity index is 1.75. The molecule has 0 bridgehead atoms. The van der Waals surface area contributed by atoms with Gasteiger partial charge in [-0.15, -0.1) is 6.42 Å². The first-order valence-electron chi connectivity index (χ1n) is 10.9. The van der Waals surface area contributed by atoms with Crippen molar-refractivity contribution in [1.82, 2.24) is 19.5 Å². The van der Waals surface area contributed by atoms with Gasteiger partial charge in [-0.05, 0) is 42.0 Å². The molecule has 0 amide bonds. The summed E-state index contributed by atoms with van der Waals surface area (Å²) in [6, 6.07) is 14.2. The van der Waals surface area contributed by atoms with Crippen molar-refractivity contribution in [3.8, 4) is 12.3 Å². The summed E-state index contributed by atoms with van der Waals surface area (Å²) in [5.41, 5.74) is 3.10. The number of likely N-dealkylation sites (N-methyl/N-ethyl adjacent to an activating group) is 1. The molecule has 0 radical (unpaired) electrons. The fourth-order valence-electron chi connectivity index (χ4n) is 4.35. The van der Waals surface area contributed by atoms with Gasteiger partial charge in [0.15, 0.2) is 5.60 Å². The minimum atomic E-state index is -1.63. The molecule has 8 heteroatoms. The molecule has 2 unspecified atom stereocenters. The van der Waals surface area contributed by atoms with Crippen molar-refractivity contribution in [3.05, 3.63) is 112 Å². The Kier molecular flexibility index (Phi) is 5.65. The number of benzene rings is 1. The van der Waals surface area contributed by atoms with E-state index in [0.29, 0.717) is 44.6 Å². The molecule has 0 saturated carbocycles. The van der Waals surface area contributed by atoms with Gasteiger partial charge in [0.05, 0.1) is 41.5 Å². The topological polar surface area (TPSA) is 87.3 Å². The van der Waals surface area contributed by atoms with Gasteiger partial charge in [-0.25, -0.2) is 9.97 Å². The van der Waals surface area contributed by atoms with E-state index in [1.165, 1.54) is 0 Å². The van der Waals surface area contributed by atoms with Crippen molar-refractivity contribution in [2.45, 2.75) is 11.8 Å². The summed E-state index contributed by atoms with van der Waals surface area (Å²) in [7, 11) is 3.59. The highest BCUT2D eigenvalue weighted by atomic mass is 35.5. The predicted octanol–water partition coefficient (Wildman–Crippen LogP) is 3.33. The molecule has 174 valence electrons. The summed E-state index contributed by atoms with van der Waals surface area (Å²) in [6.07, 6.45) is 11.3. The van der Waals surface area contributed by atoms with Crippen LogP contribution in [-0.2, 0) is 12.6 Å². The second-order valence-electron chi connectivity index (χ2n) is 8.35. The minimum absolute atomic E-state index is 0.381. The highest BCUT2D eigenvalue weighted by molar-refractivity contribution is 6.30. The Labute approximate surface area is 208 Å². The number of hydrogen-bond donors (Lipinski definition) is 2. The van der Waals surface area contributed by atoms with Crippen LogP contribution >= 0.6 is 11.6 Å². The van der Waals surface area contributed by atoms with Crippen molar-refractivity contribution in [3.63, 3.8) is 0 Å². The van der Waals surface area contributed by atoms with Gasteiger partial charge in [-0.2, -0.15) is 0 Å². The fourth-order valence-corrected chi connectivity index (χ4v) is 4.47. The lowest BCUT2D eigenvalue weighted by molar-refractivity contribution is 0.112. The summed E-state index contributed by atoms with van der Waals surface area (Å²) in [5.74, 6) is 2.55. The van der Waals surface area contributed by atoms with Crippen LogP contribution in [0.25, 0.3) is 5.57 Å². The summed E-state index contributed by atoms with van der Waals surface area (Å²) >= 11 is 6.13. The molecule has 0 aliphatic carbocycles. The van der Waals surface area contributed by atoms with Crippen molar-refractivity contribution >= 4 is 22.9 Å². The number of halogens is 1. The van der Waals surface area contributed by atoms with Crippen LogP contribution in [0, 0.1) is 12.3 Å². The van der Waals surface area contributed by atoms with Crippen LogP contribution in [0.15, 0.2) is 73.3 Å². The van der Waals surface area contributed by atoms with Gasteiger partial charge < -0.3 is 19.7 Å². The number of aliphatic hydroxyl groups is 2. The number of hydrogen-bond acceptors (Lipinski definition) is 6. The Morgan fingerprint density at radius 1 is 1.11 bits per heavy atom.